The van der Waals surface area contributed by atoms with E-state index in [2.05, 4.69) is 14.7 Å². The monoisotopic (exact) mass is 168 g/mol. The van der Waals surface area contributed by atoms with E-state index in [-0.39, 0.29) is 12.0 Å². The molecule has 5 heteroatoms. The molecule has 0 aliphatic heterocycles. The summed E-state index contributed by atoms with van der Waals surface area (Å²) in [6.45, 7) is 0. The number of carbonyl (C=O) groups excluding carboxylic acids is 1. The molecule has 1 N–H and O–H groups in total. The molecule has 0 bridgehead atoms. The molecule has 0 atom stereocenters. The molecular weight excluding hydrogens is 160 g/mol. The molecular formula is C7H8N2O3. The summed E-state index contributed by atoms with van der Waals surface area (Å²) in [6.07, 6.45) is 1.28. The van der Waals surface area contributed by atoms with Gasteiger partial charge in [0.2, 0.25) is 0 Å². The highest BCUT2D eigenvalue weighted by Gasteiger charge is 2.03. The van der Waals surface area contributed by atoms with Crippen LogP contribution in [0.25, 0.3) is 0 Å². The summed E-state index contributed by atoms with van der Waals surface area (Å²) in [5.41, 5.74) is 0.134. The molecule has 5 nitrogen and oxygen atoms in total. The Kier molecular flexibility index (Phi) is 2.57. The summed E-state index contributed by atoms with van der Waals surface area (Å²) in [4.78, 5) is 27.5. The molecule has 0 aliphatic rings. The maximum Gasteiger partial charge on any atom is 0.311 e. The van der Waals surface area contributed by atoms with Crippen LogP contribution >= 0.6 is 0 Å². The summed E-state index contributed by atoms with van der Waals surface area (Å²) in [5, 5.41) is 0. The van der Waals surface area contributed by atoms with Gasteiger partial charge in [0.1, 0.15) is 0 Å². The van der Waals surface area contributed by atoms with Gasteiger partial charge in [-0.3, -0.25) is 9.59 Å². The Bertz CT molecular complexity index is 331. The molecule has 0 saturated heterocycles. The van der Waals surface area contributed by atoms with E-state index < -0.39 is 5.97 Å². The minimum Gasteiger partial charge on any atom is -0.469 e. The van der Waals surface area contributed by atoms with Crippen LogP contribution in [-0.2, 0) is 16.0 Å². The number of nitrogens with one attached hydrogen (secondary N) is 1. The summed E-state index contributed by atoms with van der Waals surface area (Å²) in [6, 6.07) is 1.26. The second kappa shape index (κ2) is 3.66. The Balaban J connectivity index is 2.76. The second-order valence-electron chi connectivity index (χ2n) is 2.16. The molecule has 0 aliphatic carbocycles. The van der Waals surface area contributed by atoms with Crippen LogP contribution in [0.4, 0.5) is 0 Å². The van der Waals surface area contributed by atoms with Crippen LogP contribution in [0.15, 0.2) is 17.2 Å². The number of ether oxygens (including phenoxy) is 1. The predicted molar refractivity (Wildman–Crippen MR) is 40.6 cm³/mol. The number of H-pyrrole nitrogens is 1. The molecule has 12 heavy (non-hydrogen) atoms. The van der Waals surface area contributed by atoms with Crippen LogP contribution < -0.4 is 5.56 Å². The van der Waals surface area contributed by atoms with Gasteiger partial charge in [-0.05, 0) is 0 Å². The minimum absolute atomic E-state index is 0.0282. The zero-order valence-electron chi connectivity index (χ0n) is 6.53. The fourth-order valence-electron chi connectivity index (χ4n) is 0.726. The number of hydrogen-bond acceptors (Lipinski definition) is 4. The van der Waals surface area contributed by atoms with Crippen LogP contribution in [0, 0.1) is 0 Å². The molecule has 0 spiro atoms. The van der Waals surface area contributed by atoms with Crippen LogP contribution in [0.3, 0.4) is 0 Å². The van der Waals surface area contributed by atoms with Crippen molar-refractivity contribution in [2.45, 2.75) is 6.42 Å². The molecule has 0 aromatic carbocycles. The third kappa shape index (κ3) is 2.19. The van der Waals surface area contributed by atoms with Gasteiger partial charge in [0.15, 0.2) is 0 Å². The molecule has 1 aromatic heterocycles. The van der Waals surface area contributed by atoms with Crippen molar-refractivity contribution >= 4 is 5.97 Å². The van der Waals surface area contributed by atoms with Gasteiger partial charge in [-0.1, -0.05) is 0 Å². The lowest BCUT2D eigenvalue weighted by Gasteiger charge is -1.96. The molecule has 0 fully saturated rings. The molecule has 0 amide bonds. The molecule has 1 rings (SSSR count). The first kappa shape index (κ1) is 8.45. The predicted octanol–water partition coefficient (Wildman–Crippen LogP) is -0.515. The second-order valence-corrected chi connectivity index (χ2v) is 2.16. The highest BCUT2D eigenvalue weighted by Crippen LogP contribution is 1.90. The van der Waals surface area contributed by atoms with Gasteiger partial charge >= 0.3 is 5.97 Å². The van der Waals surface area contributed by atoms with Gasteiger partial charge < -0.3 is 9.72 Å². The summed E-state index contributed by atoms with van der Waals surface area (Å²) < 4.78 is 4.40. The lowest BCUT2D eigenvalue weighted by Crippen LogP contribution is -2.11. The van der Waals surface area contributed by atoms with Crippen molar-refractivity contribution in [2.24, 2.45) is 0 Å². The first-order chi connectivity index (χ1) is 5.72. The summed E-state index contributed by atoms with van der Waals surface area (Å²) in [7, 11) is 1.29. The lowest BCUT2D eigenvalue weighted by atomic mass is 10.3. The first-order valence-corrected chi connectivity index (χ1v) is 3.33. The van der Waals surface area contributed by atoms with Crippen molar-refractivity contribution in [3.8, 4) is 0 Å². The van der Waals surface area contributed by atoms with E-state index in [0.29, 0.717) is 5.69 Å². The zero-order chi connectivity index (χ0) is 8.97. The number of esters is 1. The number of aromatic nitrogens is 2. The van der Waals surface area contributed by atoms with Crippen LogP contribution in [0.5, 0.6) is 0 Å². The highest BCUT2D eigenvalue weighted by atomic mass is 16.5. The number of rotatable bonds is 2. The van der Waals surface area contributed by atoms with E-state index >= 15 is 0 Å². The summed E-state index contributed by atoms with van der Waals surface area (Å²) >= 11 is 0. The number of carbonyl (C=O) groups is 1. The third-order valence-electron chi connectivity index (χ3n) is 1.29. The summed E-state index contributed by atoms with van der Waals surface area (Å²) in [5.74, 6) is -0.409. The van der Waals surface area contributed by atoms with Crippen LogP contribution in [0.1, 0.15) is 5.69 Å². The molecule has 1 aromatic rings. The maximum absolute atomic E-state index is 10.7. The highest BCUT2D eigenvalue weighted by molar-refractivity contribution is 5.71. The van der Waals surface area contributed by atoms with Crippen molar-refractivity contribution in [1.82, 2.24) is 9.97 Å². The van der Waals surface area contributed by atoms with E-state index in [1.807, 2.05) is 0 Å². The van der Waals surface area contributed by atoms with Crippen molar-refractivity contribution in [2.75, 3.05) is 7.11 Å². The largest absolute Gasteiger partial charge is 0.469 e. The minimum atomic E-state index is -0.409. The average molecular weight is 168 g/mol. The van der Waals surface area contributed by atoms with Crippen molar-refractivity contribution in [1.29, 1.82) is 0 Å². The lowest BCUT2D eigenvalue weighted by molar-refractivity contribution is -0.139. The van der Waals surface area contributed by atoms with E-state index in [1.54, 1.807) is 0 Å². The van der Waals surface area contributed by atoms with Gasteiger partial charge in [-0.25, -0.2) is 4.98 Å². The number of aromatic amines is 1. The smallest absolute Gasteiger partial charge is 0.311 e. The Hall–Kier alpha value is -1.65. The zero-order valence-corrected chi connectivity index (χ0v) is 6.53. The van der Waals surface area contributed by atoms with Crippen molar-refractivity contribution in [3.05, 3.63) is 28.4 Å². The van der Waals surface area contributed by atoms with Gasteiger partial charge in [0.05, 0.1) is 25.6 Å². The average Bonchev–Trinajstić information content (AvgIpc) is 2.04. The number of nitrogens with zero attached hydrogens (tertiary/aromatic N) is 1. The Morgan fingerprint density at radius 1 is 1.75 bits per heavy atom. The number of methoxy groups -OCH3 is 1. The fraction of sp³-hybridized carbons (Fsp3) is 0.286. The Morgan fingerprint density at radius 3 is 3.08 bits per heavy atom. The SMILES string of the molecule is COC(=O)Cc1cc(=O)[nH]cn1. The van der Waals surface area contributed by atoms with Crippen LogP contribution in [-0.4, -0.2) is 23.0 Å². The standard InChI is InChI=1S/C7H8N2O3/c1-12-7(11)3-5-2-6(10)9-4-8-5/h2,4H,3H2,1H3,(H,8,9,10). The third-order valence-corrected chi connectivity index (χ3v) is 1.29. The number of hydrogen-bond donors (Lipinski definition) is 1. The van der Waals surface area contributed by atoms with Gasteiger partial charge in [0, 0.05) is 6.07 Å². The Morgan fingerprint density at radius 2 is 2.50 bits per heavy atom. The van der Waals surface area contributed by atoms with Gasteiger partial charge in [0.25, 0.3) is 5.56 Å². The van der Waals surface area contributed by atoms with Crippen molar-refractivity contribution < 1.29 is 9.53 Å². The molecule has 0 unspecified atom stereocenters. The Labute approximate surface area is 68.4 Å². The van der Waals surface area contributed by atoms with Crippen LogP contribution in [0.2, 0.25) is 0 Å². The van der Waals surface area contributed by atoms with Gasteiger partial charge in [-0.15, -0.1) is 0 Å². The van der Waals surface area contributed by atoms with E-state index in [9.17, 15) is 9.59 Å². The topological polar surface area (TPSA) is 72.1 Å². The molecule has 1 heterocycles. The first-order valence-electron chi connectivity index (χ1n) is 3.33. The molecule has 0 radical (unpaired) electrons. The van der Waals surface area contributed by atoms with Crippen molar-refractivity contribution in [3.63, 3.8) is 0 Å². The quantitative estimate of drug-likeness (QED) is 0.603. The maximum atomic E-state index is 10.7. The van der Waals surface area contributed by atoms with E-state index in [0.717, 1.165) is 0 Å². The molecule has 0 saturated carbocycles. The normalized spacial score (nSPS) is 9.42. The molecule has 64 valence electrons. The van der Waals surface area contributed by atoms with E-state index in [1.165, 1.54) is 19.5 Å². The van der Waals surface area contributed by atoms with Gasteiger partial charge in [-0.2, -0.15) is 0 Å². The fourth-order valence-corrected chi connectivity index (χ4v) is 0.726. The van der Waals surface area contributed by atoms with E-state index in [4.69, 9.17) is 0 Å².